The predicted molar refractivity (Wildman–Crippen MR) is 75.1 cm³/mol. The van der Waals surface area contributed by atoms with Gasteiger partial charge in [0.25, 0.3) is 0 Å². The van der Waals surface area contributed by atoms with E-state index in [4.69, 9.17) is 11.6 Å². The summed E-state index contributed by atoms with van der Waals surface area (Å²) in [7, 11) is 2.03. The van der Waals surface area contributed by atoms with E-state index in [1.165, 1.54) is 29.7 Å². The number of aryl methyl sites for hydroxylation is 2. The standard InChI is InChI=1S/C13H16ClN3S/c1-17-6-5-15-13(17)8-16-10-3-2-4-11-9(10)7-12(14)18-11/h5-7,10,16H,2-4,8H2,1H3. The van der Waals surface area contributed by atoms with Gasteiger partial charge in [0.1, 0.15) is 5.82 Å². The van der Waals surface area contributed by atoms with Gasteiger partial charge in [-0.15, -0.1) is 11.3 Å². The highest BCUT2D eigenvalue weighted by atomic mass is 35.5. The molecule has 5 heteroatoms. The largest absolute Gasteiger partial charge is 0.337 e. The van der Waals surface area contributed by atoms with E-state index in [1.54, 1.807) is 11.3 Å². The first-order valence-corrected chi connectivity index (χ1v) is 7.41. The van der Waals surface area contributed by atoms with Crippen molar-refractivity contribution in [3.63, 3.8) is 0 Å². The topological polar surface area (TPSA) is 29.9 Å². The maximum absolute atomic E-state index is 6.12. The Morgan fingerprint density at radius 1 is 1.61 bits per heavy atom. The minimum absolute atomic E-state index is 0.425. The van der Waals surface area contributed by atoms with Crippen LogP contribution in [0.3, 0.4) is 0 Å². The van der Waals surface area contributed by atoms with Gasteiger partial charge in [0.05, 0.1) is 10.9 Å². The molecule has 1 atom stereocenters. The molecule has 0 saturated carbocycles. The molecule has 1 aliphatic rings. The fourth-order valence-electron chi connectivity index (χ4n) is 2.51. The number of imidazole rings is 1. The van der Waals surface area contributed by atoms with E-state index in [-0.39, 0.29) is 0 Å². The predicted octanol–water partition coefficient (Wildman–Crippen LogP) is 3.30. The molecule has 2 aromatic rings. The fourth-order valence-corrected chi connectivity index (χ4v) is 3.90. The van der Waals surface area contributed by atoms with Crippen molar-refractivity contribution in [1.29, 1.82) is 0 Å². The second-order valence-corrected chi connectivity index (χ2v) is 6.48. The Kier molecular flexibility index (Phi) is 3.41. The number of halogens is 1. The Morgan fingerprint density at radius 3 is 3.28 bits per heavy atom. The number of hydrogen-bond donors (Lipinski definition) is 1. The third-order valence-electron chi connectivity index (χ3n) is 3.51. The maximum atomic E-state index is 6.12. The zero-order valence-electron chi connectivity index (χ0n) is 10.3. The van der Waals surface area contributed by atoms with Crippen molar-refractivity contribution in [3.05, 3.63) is 39.1 Å². The SMILES string of the molecule is Cn1ccnc1CNC1CCCc2sc(Cl)cc21. The molecule has 0 amide bonds. The minimum atomic E-state index is 0.425. The smallest absolute Gasteiger partial charge is 0.122 e. The third-order valence-corrected chi connectivity index (χ3v) is 4.85. The van der Waals surface area contributed by atoms with Crippen LogP contribution in [0.15, 0.2) is 18.5 Å². The number of nitrogens with zero attached hydrogens (tertiary/aromatic N) is 2. The highest BCUT2D eigenvalue weighted by Crippen LogP contribution is 2.37. The van der Waals surface area contributed by atoms with Gasteiger partial charge in [-0.25, -0.2) is 4.98 Å². The molecule has 0 radical (unpaired) electrons. The van der Waals surface area contributed by atoms with E-state index in [9.17, 15) is 0 Å². The Labute approximate surface area is 116 Å². The highest BCUT2D eigenvalue weighted by Gasteiger charge is 2.22. The lowest BCUT2D eigenvalue weighted by Gasteiger charge is -2.23. The van der Waals surface area contributed by atoms with Gasteiger partial charge in [0, 0.05) is 30.4 Å². The molecule has 0 aromatic carbocycles. The van der Waals surface area contributed by atoms with Crippen LogP contribution in [0.5, 0.6) is 0 Å². The van der Waals surface area contributed by atoms with Gasteiger partial charge < -0.3 is 9.88 Å². The number of rotatable bonds is 3. The van der Waals surface area contributed by atoms with Crippen molar-refractivity contribution >= 4 is 22.9 Å². The Bertz CT molecular complexity index is 546. The van der Waals surface area contributed by atoms with E-state index in [0.717, 1.165) is 16.7 Å². The van der Waals surface area contributed by atoms with Crippen LogP contribution in [0.4, 0.5) is 0 Å². The molecule has 2 heterocycles. The molecular weight excluding hydrogens is 266 g/mol. The lowest BCUT2D eigenvalue weighted by Crippen LogP contribution is -2.25. The van der Waals surface area contributed by atoms with Crippen LogP contribution in [0.1, 0.15) is 35.1 Å². The molecule has 1 unspecified atom stereocenters. The summed E-state index contributed by atoms with van der Waals surface area (Å²) in [6.45, 7) is 0.807. The number of fused-ring (bicyclic) bond motifs is 1. The summed E-state index contributed by atoms with van der Waals surface area (Å²) in [4.78, 5) is 5.79. The van der Waals surface area contributed by atoms with Gasteiger partial charge in [0.15, 0.2) is 0 Å². The number of hydrogen-bond acceptors (Lipinski definition) is 3. The Balaban J connectivity index is 1.73. The summed E-state index contributed by atoms with van der Waals surface area (Å²) < 4.78 is 2.96. The second kappa shape index (κ2) is 5.03. The first kappa shape index (κ1) is 12.2. The van der Waals surface area contributed by atoms with E-state index >= 15 is 0 Å². The van der Waals surface area contributed by atoms with Crippen molar-refractivity contribution < 1.29 is 0 Å². The van der Waals surface area contributed by atoms with Gasteiger partial charge in [-0.1, -0.05) is 11.6 Å². The monoisotopic (exact) mass is 281 g/mol. The van der Waals surface area contributed by atoms with Crippen LogP contribution in [-0.4, -0.2) is 9.55 Å². The van der Waals surface area contributed by atoms with Crippen LogP contribution >= 0.6 is 22.9 Å². The van der Waals surface area contributed by atoms with Crippen LogP contribution in [0.2, 0.25) is 4.34 Å². The lowest BCUT2D eigenvalue weighted by atomic mass is 9.94. The molecule has 3 nitrogen and oxygen atoms in total. The van der Waals surface area contributed by atoms with Crippen LogP contribution in [0.25, 0.3) is 0 Å². The van der Waals surface area contributed by atoms with Crippen molar-refractivity contribution in [2.45, 2.75) is 31.8 Å². The lowest BCUT2D eigenvalue weighted by molar-refractivity contribution is 0.453. The first-order valence-electron chi connectivity index (χ1n) is 6.21. The molecule has 1 N–H and O–H groups in total. The molecule has 2 aromatic heterocycles. The van der Waals surface area contributed by atoms with Crippen molar-refractivity contribution in [2.75, 3.05) is 0 Å². The zero-order valence-corrected chi connectivity index (χ0v) is 11.9. The minimum Gasteiger partial charge on any atom is -0.337 e. The molecule has 0 saturated heterocycles. The van der Waals surface area contributed by atoms with Crippen molar-refractivity contribution in [1.82, 2.24) is 14.9 Å². The second-order valence-electron chi connectivity index (χ2n) is 4.71. The highest BCUT2D eigenvalue weighted by molar-refractivity contribution is 7.16. The Hall–Kier alpha value is -0.840. The van der Waals surface area contributed by atoms with Crippen molar-refractivity contribution in [3.8, 4) is 0 Å². The Morgan fingerprint density at radius 2 is 2.50 bits per heavy atom. The summed E-state index contributed by atoms with van der Waals surface area (Å²) in [6, 6.07) is 2.55. The van der Waals surface area contributed by atoms with E-state index in [0.29, 0.717) is 6.04 Å². The van der Waals surface area contributed by atoms with Gasteiger partial charge in [0.2, 0.25) is 0 Å². The summed E-state index contributed by atoms with van der Waals surface area (Å²) in [5, 5.41) is 3.60. The fraction of sp³-hybridized carbons (Fsp3) is 0.462. The summed E-state index contributed by atoms with van der Waals surface area (Å²) in [5.41, 5.74) is 1.39. The zero-order chi connectivity index (χ0) is 12.5. The summed E-state index contributed by atoms with van der Waals surface area (Å²) >= 11 is 7.84. The number of nitrogens with one attached hydrogen (secondary N) is 1. The van der Waals surface area contributed by atoms with Gasteiger partial charge >= 0.3 is 0 Å². The molecule has 3 rings (SSSR count). The molecule has 96 valence electrons. The van der Waals surface area contributed by atoms with E-state index in [1.807, 2.05) is 19.4 Å². The van der Waals surface area contributed by atoms with Crippen LogP contribution in [-0.2, 0) is 20.0 Å². The van der Waals surface area contributed by atoms with E-state index < -0.39 is 0 Å². The van der Waals surface area contributed by atoms with Gasteiger partial charge in [-0.2, -0.15) is 0 Å². The quantitative estimate of drug-likeness (QED) is 0.935. The molecule has 0 spiro atoms. The van der Waals surface area contributed by atoms with E-state index in [2.05, 4.69) is 20.9 Å². The van der Waals surface area contributed by atoms with Crippen LogP contribution < -0.4 is 5.32 Å². The number of aromatic nitrogens is 2. The third kappa shape index (κ3) is 2.32. The van der Waals surface area contributed by atoms with Gasteiger partial charge in [-0.05, 0) is 30.9 Å². The normalized spacial score (nSPS) is 18.9. The maximum Gasteiger partial charge on any atom is 0.122 e. The number of thiophene rings is 1. The van der Waals surface area contributed by atoms with Gasteiger partial charge in [-0.3, -0.25) is 0 Å². The summed E-state index contributed by atoms with van der Waals surface area (Å²) in [6.07, 6.45) is 7.41. The molecule has 0 bridgehead atoms. The van der Waals surface area contributed by atoms with Crippen molar-refractivity contribution in [2.24, 2.45) is 7.05 Å². The molecular formula is C13H16ClN3S. The average molecular weight is 282 g/mol. The molecule has 0 aliphatic heterocycles. The molecule has 0 fully saturated rings. The summed E-state index contributed by atoms with van der Waals surface area (Å²) in [5.74, 6) is 1.07. The average Bonchev–Trinajstić information content (AvgIpc) is 2.91. The first-order chi connectivity index (χ1) is 8.74. The molecule has 18 heavy (non-hydrogen) atoms. The van der Waals surface area contributed by atoms with Crippen LogP contribution in [0, 0.1) is 0 Å². The molecule has 1 aliphatic carbocycles.